The first kappa shape index (κ1) is 15.9. The van der Waals surface area contributed by atoms with Gasteiger partial charge in [-0.05, 0) is 19.3 Å². The van der Waals surface area contributed by atoms with Crippen molar-refractivity contribution >= 4 is 28.5 Å². The molecular formula is C14H23ClO2S. The van der Waals surface area contributed by atoms with E-state index in [-0.39, 0.29) is 10.4 Å². The van der Waals surface area contributed by atoms with E-state index in [9.17, 15) is 4.79 Å². The monoisotopic (exact) mass is 290 g/mol. The second-order valence-electron chi connectivity index (χ2n) is 4.57. The van der Waals surface area contributed by atoms with E-state index in [1.54, 1.807) is 6.08 Å². The Balaban J connectivity index is 2.24. The van der Waals surface area contributed by atoms with Crippen LogP contribution in [-0.2, 0) is 9.53 Å². The minimum atomic E-state index is 0.142. The van der Waals surface area contributed by atoms with Crippen LogP contribution in [-0.4, -0.2) is 22.9 Å². The lowest BCUT2D eigenvalue weighted by atomic mass is 10.1. The van der Waals surface area contributed by atoms with Gasteiger partial charge in [-0.1, -0.05) is 44.4 Å². The zero-order valence-electron chi connectivity index (χ0n) is 11.1. The summed E-state index contributed by atoms with van der Waals surface area (Å²) in [5.74, 6) is 1.56. The topological polar surface area (TPSA) is 26.3 Å². The van der Waals surface area contributed by atoms with Gasteiger partial charge in [-0.25, -0.2) is 0 Å². The van der Waals surface area contributed by atoms with Crippen molar-refractivity contribution in [3.05, 3.63) is 11.8 Å². The van der Waals surface area contributed by atoms with Crippen LogP contribution in [0.4, 0.5) is 0 Å². The van der Waals surface area contributed by atoms with Crippen LogP contribution in [0, 0.1) is 0 Å². The second kappa shape index (κ2) is 9.74. The maximum atomic E-state index is 11.4. The van der Waals surface area contributed by atoms with E-state index in [4.69, 9.17) is 16.3 Å². The molecule has 0 spiro atoms. The molecule has 0 aromatic carbocycles. The molecule has 0 saturated carbocycles. The van der Waals surface area contributed by atoms with Gasteiger partial charge in [0.25, 0.3) is 0 Å². The predicted octanol–water partition coefficient (Wildman–Crippen LogP) is 4.52. The molecule has 2 nitrogen and oxygen atoms in total. The molecule has 1 aliphatic rings. The van der Waals surface area contributed by atoms with Crippen LogP contribution in [0.1, 0.15) is 51.9 Å². The summed E-state index contributed by atoms with van der Waals surface area (Å²) in [5, 5.41) is 0.396. The van der Waals surface area contributed by atoms with Crippen molar-refractivity contribution in [1.29, 1.82) is 0 Å². The number of hydrogen-bond donors (Lipinski definition) is 0. The summed E-state index contributed by atoms with van der Waals surface area (Å²) in [7, 11) is 0. The Labute approximate surface area is 119 Å². The third-order valence-corrected chi connectivity index (χ3v) is 4.32. The van der Waals surface area contributed by atoms with Crippen molar-refractivity contribution in [1.82, 2.24) is 0 Å². The Bertz CT molecular complexity index is 279. The first-order valence-corrected chi connectivity index (χ1v) is 8.30. The minimum Gasteiger partial charge on any atom is -0.497 e. The number of alkyl halides is 1. The van der Waals surface area contributed by atoms with Crippen molar-refractivity contribution in [3.8, 4) is 0 Å². The van der Waals surface area contributed by atoms with Gasteiger partial charge in [-0.2, -0.15) is 0 Å². The van der Waals surface area contributed by atoms with Crippen molar-refractivity contribution in [2.24, 2.45) is 0 Å². The van der Waals surface area contributed by atoms with Crippen LogP contribution in [0.15, 0.2) is 11.8 Å². The molecule has 1 rings (SSSR count). The highest BCUT2D eigenvalue weighted by Gasteiger charge is 2.26. The summed E-state index contributed by atoms with van der Waals surface area (Å²) in [5.41, 5.74) is 0. The Morgan fingerprint density at radius 3 is 2.83 bits per heavy atom. The Kier molecular flexibility index (Phi) is 8.60. The molecule has 0 aromatic rings. The van der Waals surface area contributed by atoms with Gasteiger partial charge >= 0.3 is 0 Å². The van der Waals surface area contributed by atoms with Crippen LogP contribution in [0.2, 0.25) is 0 Å². The third kappa shape index (κ3) is 6.14. The first-order chi connectivity index (χ1) is 8.77. The first-order valence-electron chi connectivity index (χ1n) is 6.89. The molecule has 104 valence electrons. The molecule has 1 aliphatic heterocycles. The Hall–Kier alpha value is -0.150. The van der Waals surface area contributed by atoms with Gasteiger partial charge in [-0.3, -0.25) is 4.79 Å². The molecule has 0 aliphatic carbocycles. The summed E-state index contributed by atoms with van der Waals surface area (Å²) in [4.78, 5) is 11.4. The van der Waals surface area contributed by atoms with Gasteiger partial charge < -0.3 is 4.74 Å². The number of carbonyl (C=O) groups is 1. The van der Waals surface area contributed by atoms with Crippen molar-refractivity contribution in [3.63, 3.8) is 0 Å². The SMILES string of the molecule is CCCCCCC1SC(=O)C=C1OCCCCCl. The number of carbonyl (C=O) groups excluding carboxylic acids is 1. The quantitative estimate of drug-likeness (QED) is 0.437. The fourth-order valence-electron chi connectivity index (χ4n) is 1.92. The van der Waals surface area contributed by atoms with Gasteiger partial charge in [0.2, 0.25) is 5.12 Å². The number of thioether (sulfide) groups is 1. The summed E-state index contributed by atoms with van der Waals surface area (Å²) < 4.78 is 5.71. The molecule has 0 fully saturated rings. The van der Waals surface area contributed by atoms with Crippen molar-refractivity contribution < 1.29 is 9.53 Å². The van der Waals surface area contributed by atoms with Crippen LogP contribution in [0.5, 0.6) is 0 Å². The van der Waals surface area contributed by atoms with Gasteiger partial charge in [0.1, 0.15) is 5.76 Å². The smallest absolute Gasteiger partial charge is 0.216 e. The van der Waals surface area contributed by atoms with Gasteiger partial charge in [0.05, 0.1) is 11.9 Å². The van der Waals surface area contributed by atoms with E-state index in [0.29, 0.717) is 12.5 Å². The van der Waals surface area contributed by atoms with E-state index < -0.39 is 0 Å². The number of unbranched alkanes of at least 4 members (excludes halogenated alkanes) is 4. The average molecular weight is 291 g/mol. The number of halogens is 1. The molecule has 18 heavy (non-hydrogen) atoms. The highest BCUT2D eigenvalue weighted by molar-refractivity contribution is 8.15. The van der Waals surface area contributed by atoms with E-state index in [1.807, 2.05) is 0 Å². The highest BCUT2D eigenvalue weighted by Crippen LogP contribution is 2.33. The molecule has 0 amide bonds. The number of ether oxygens (including phenoxy) is 1. The maximum absolute atomic E-state index is 11.4. The van der Waals surface area contributed by atoms with E-state index in [0.717, 1.165) is 25.0 Å². The van der Waals surface area contributed by atoms with Crippen LogP contribution in [0.25, 0.3) is 0 Å². The maximum Gasteiger partial charge on any atom is 0.216 e. The van der Waals surface area contributed by atoms with Crippen LogP contribution >= 0.6 is 23.4 Å². The second-order valence-corrected chi connectivity index (χ2v) is 6.15. The summed E-state index contributed by atoms with van der Waals surface area (Å²) >= 11 is 7.03. The summed E-state index contributed by atoms with van der Waals surface area (Å²) in [6, 6.07) is 0. The molecule has 0 radical (unpaired) electrons. The molecule has 1 atom stereocenters. The number of hydrogen-bond acceptors (Lipinski definition) is 3. The third-order valence-electron chi connectivity index (χ3n) is 2.95. The molecule has 1 unspecified atom stereocenters. The molecule has 1 heterocycles. The van der Waals surface area contributed by atoms with E-state index in [1.165, 1.54) is 37.4 Å². The normalized spacial score (nSPS) is 19.1. The highest BCUT2D eigenvalue weighted by atomic mass is 35.5. The van der Waals surface area contributed by atoms with Crippen LogP contribution < -0.4 is 0 Å². The minimum absolute atomic E-state index is 0.142. The predicted molar refractivity (Wildman–Crippen MR) is 79.1 cm³/mol. The Morgan fingerprint density at radius 2 is 2.11 bits per heavy atom. The lowest BCUT2D eigenvalue weighted by Crippen LogP contribution is -2.07. The largest absolute Gasteiger partial charge is 0.497 e. The van der Waals surface area contributed by atoms with Crippen LogP contribution in [0.3, 0.4) is 0 Å². The van der Waals surface area contributed by atoms with Crippen molar-refractivity contribution in [2.45, 2.75) is 57.1 Å². The molecule has 0 bridgehead atoms. The average Bonchev–Trinajstić information content (AvgIpc) is 2.71. The fourth-order valence-corrected chi connectivity index (χ4v) is 3.11. The standard InChI is InChI=1S/C14H23ClO2S/c1-2-3-4-5-8-13-12(11-14(16)18-13)17-10-7-6-9-15/h11,13H,2-10H2,1H3. The number of rotatable bonds is 10. The Morgan fingerprint density at radius 1 is 1.28 bits per heavy atom. The summed E-state index contributed by atoms with van der Waals surface area (Å²) in [6.07, 6.45) is 9.60. The molecule has 0 saturated heterocycles. The zero-order chi connectivity index (χ0) is 13.2. The van der Waals surface area contributed by atoms with Gasteiger partial charge in [-0.15, -0.1) is 11.6 Å². The van der Waals surface area contributed by atoms with Gasteiger partial charge in [0, 0.05) is 12.0 Å². The van der Waals surface area contributed by atoms with Crippen molar-refractivity contribution in [2.75, 3.05) is 12.5 Å². The van der Waals surface area contributed by atoms with Gasteiger partial charge in [0.15, 0.2) is 0 Å². The van der Waals surface area contributed by atoms with E-state index >= 15 is 0 Å². The van der Waals surface area contributed by atoms with E-state index in [2.05, 4.69) is 6.92 Å². The molecule has 0 aromatic heterocycles. The lowest BCUT2D eigenvalue weighted by molar-refractivity contribution is -0.107. The summed E-state index contributed by atoms with van der Waals surface area (Å²) in [6.45, 7) is 2.89. The fraction of sp³-hybridized carbons (Fsp3) is 0.786. The molecule has 0 N–H and O–H groups in total. The molecule has 4 heteroatoms. The molecular weight excluding hydrogens is 268 g/mol. The lowest BCUT2D eigenvalue weighted by Gasteiger charge is -2.14. The zero-order valence-corrected chi connectivity index (χ0v) is 12.7.